The number of carbonyl (C=O) groups is 8. The summed E-state index contributed by atoms with van der Waals surface area (Å²) in [6.45, 7) is 2.17. The van der Waals surface area contributed by atoms with Gasteiger partial charge < -0.3 is 64.2 Å². The number of hydrogen-bond acceptors (Lipinski definition) is 20. The zero-order chi connectivity index (χ0) is 55.6. The van der Waals surface area contributed by atoms with Gasteiger partial charge in [0.15, 0.2) is 22.7 Å². The van der Waals surface area contributed by atoms with Gasteiger partial charge in [0, 0.05) is 47.6 Å². The lowest BCUT2D eigenvalue weighted by molar-refractivity contribution is -0.161. The Labute approximate surface area is 434 Å². The number of methoxy groups -OCH3 is 2. The van der Waals surface area contributed by atoms with Crippen LogP contribution in [0.1, 0.15) is 48.7 Å². The number of ether oxygens (including phenoxy) is 4. The number of amides is 5. The maximum Gasteiger partial charge on any atom is 0.513 e. The summed E-state index contributed by atoms with van der Waals surface area (Å²) in [4.78, 5) is 159. The molecule has 8 rings (SSSR count). The van der Waals surface area contributed by atoms with E-state index in [1.54, 1.807) is 13.8 Å². The third kappa shape index (κ3) is 11.1. The molecule has 27 nitrogen and oxygen atoms in total. The highest BCUT2D eigenvalue weighted by Gasteiger charge is 2.64. The number of aromatic hydroxyl groups is 1. The van der Waals surface area contributed by atoms with Crippen LogP contribution in [0.3, 0.4) is 0 Å². The summed E-state index contributed by atoms with van der Waals surface area (Å²) >= 11 is 1.16. The number of thioether (sulfide) groups is 1. The molecule has 0 saturated carbocycles. The van der Waals surface area contributed by atoms with Crippen molar-refractivity contribution in [3.63, 3.8) is 0 Å². The minimum Gasteiger partial charge on any atom is -0.508 e. The van der Waals surface area contributed by atoms with Gasteiger partial charge in [0.25, 0.3) is 17.0 Å². The molecule has 2 aliphatic rings. The number of phenols is 1. The first-order chi connectivity index (χ1) is 36.6. The summed E-state index contributed by atoms with van der Waals surface area (Å²) in [6, 6.07) is 12.3. The van der Waals surface area contributed by atoms with Crippen LogP contribution in [0.4, 0.5) is 21.0 Å². The van der Waals surface area contributed by atoms with Crippen LogP contribution < -0.4 is 53.4 Å². The molecule has 0 aliphatic carbocycles. The Hall–Kier alpha value is -9.73. The maximum atomic E-state index is 14.3. The smallest absolute Gasteiger partial charge is 0.508 e. The number of fused-ring (bicyclic) bond motifs is 3. The van der Waals surface area contributed by atoms with Gasteiger partial charge in [-0.15, -0.1) is 11.8 Å². The molecular weight excluding hydrogens is 1040 g/mol. The third-order valence-corrected chi connectivity index (χ3v) is 13.6. The number of para-hydroxylation sites is 2. The van der Waals surface area contributed by atoms with Crippen LogP contribution in [0, 0.1) is 0 Å². The first-order valence-corrected chi connectivity index (χ1v) is 23.7. The van der Waals surface area contributed by atoms with Crippen molar-refractivity contribution >= 4 is 92.9 Å². The van der Waals surface area contributed by atoms with E-state index in [0.29, 0.717) is 9.13 Å². The van der Waals surface area contributed by atoms with Crippen molar-refractivity contribution in [3.05, 3.63) is 132 Å². The Kier molecular flexibility index (Phi) is 15.0. The number of anilines is 2. The van der Waals surface area contributed by atoms with Crippen molar-refractivity contribution in [2.75, 3.05) is 24.9 Å². The Morgan fingerprint density at radius 2 is 1.21 bits per heavy atom. The molecule has 2 aromatic heterocycles. The van der Waals surface area contributed by atoms with Crippen molar-refractivity contribution in [2.45, 2.75) is 68.0 Å². The monoisotopic (exact) mass is 1080 g/mol. The lowest BCUT2D eigenvalue weighted by Gasteiger charge is -2.44. The van der Waals surface area contributed by atoms with Crippen molar-refractivity contribution in [1.82, 2.24) is 24.7 Å². The molecule has 4 atom stereocenters. The lowest BCUT2D eigenvalue weighted by atomic mass is 9.95. The number of carboxylic acid groups (broad SMARTS) is 1. The van der Waals surface area contributed by atoms with E-state index < -0.39 is 125 Å². The Balaban J connectivity index is 1.06. The molecule has 4 aromatic carbocycles. The number of phenolic OH excluding ortho intramolecular Hbond substituents is 1. The predicted octanol–water partition coefficient (Wildman–Crippen LogP) is 2.38. The van der Waals surface area contributed by atoms with Gasteiger partial charge in [0.05, 0.1) is 25.0 Å². The number of benzene rings is 4. The number of carboxylic acids is 1. The van der Waals surface area contributed by atoms with Crippen LogP contribution >= 0.6 is 11.8 Å². The average molecular weight is 1080 g/mol. The molecule has 4 heterocycles. The van der Waals surface area contributed by atoms with Crippen LogP contribution in [-0.2, 0) is 46.5 Å². The molecule has 0 bridgehead atoms. The molecule has 5 amide bonds. The second kappa shape index (κ2) is 21.6. The predicted molar refractivity (Wildman–Crippen MR) is 266 cm³/mol. The number of aromatic nitrogens is 2. The second-order valence-electron chi connectivity index (χ2n) is 17.5. The Bertz CT molecular complexity index is 3530. The van der Waals surface area contributed by atoms with Gasteiger partial charge in [-0.3, -0.25) is 33.6 Å². The Morgan fingerprint density at radius 1 is 0.714 bits per heavy atom. The molecule has 0 radical (unpaired) electrons. The number of nitrogens with one attached hydrogen (secondary N) is 4. The summed E-state index contributed by atoms with van der Waals surface area (Å²) in [5, 5.41) is 29.0. The molecular formula is C49H43N7O20S. The van der Waals surface area contributed by atoms with E-state index in [4.69, 9.17) is 18.3 Å². The minimum atomic E-state index is -1.60. The minimum absolute atomic E-state index is 0.110. The van der Waals surface area contributed by atoms with E-state index in [-0.39, 0.29) is 61.7 Å². The van der Waals surface area contributed by atoms with Crippen LogP contribution in [0.2, 0.25) is 0 Å². The number of rotatable bonds is 16. The summed E-state index contributed by atoms with van der Waals surface area (Å²) in [6.07, 6.45) is -3.46. The highest BCUT2D eigenvalue weighted by atomic mass is 32.2. The molecule has 400 valence electrons. The summed E-state index contributed by atoms with van der Waals surface area (Å²) < 4.78 is 29.7. The van der Waals surface area contributed by atoms with Gasteiger partial charge >= 0.3 is 29.8 Å². The lowest BCUT2D eigenvalue weighted by Crippen LogP contribution is -2.71. The molecule has 6 aromatic rings. The SMILES string of the molecule is COC(=O)Oc1cccc2c(=O)n(CCC(=O)Nc3cc(NC(=O)CCn4c(=O)oc5c(OC(=O)OC)cccc5c4=O)cc(C(=O)NC(C(=O)NC4C(=O)N5C4SC(C)(C)C5C(=O)O)c4ccc(O)cc4)c3)c(=O)oc12. The highest BCUT2D eigenvalue weighted by Crippen LogP contribution is 2.51. The van der Waals surface area contributed by atoms with Gasteiger partial charge in [-0.2, -0.15) is 0 Å². The molecule has 4 unspecified atom stereocenters. The fourth-order valence-electron chi connectivity index (χ4n) is 8.47. The van der Waals surface area contributed by atoms with E-state index >= 15 is 0 Å². The topological polar surface area (TPSA) is 370 Å². The standard InChI is InChI=1S/C49H43N7O20S/c1-49(2)37(44(65)66)56-42(64)34(43(56)77-49)53-39(61)33(22-11-13-26(57)14-12-22)52-38(60)23-19-24(50-31(58)15-17-54-40(62)27-7-5-9-29(73-47(69)71-3)35(27)75-45(54)67)21-25(20-23)51-32(59)16-18-55-41(63)28-8-6-10-30(74-48(70)72-4)36(28)76-46(55)68/h5-14,19-21,33-34,37,43,57H,15-18H2,1-4H3,(H,50,58)(H,51,59)(H,52,60)(H,53,61)(H,65,66). The van der Waals surface area contributed by atoms with Crippen LogP contribution in [-0.4, -0.2) is 108 Å². The van der Waals surface area contributed by atoms with Crippen molar-refractivity contribution in [1.29, 1.82) is 0 Å². The largest absolute Gasteiger partial charge is 0.513 e. The number of carbonyl (C=O) groups excluding carboxylic acids is 7. The van der Waals surface area contributed by atoms with Gasteiger partial charge in [0.2, 0.25) is 23.6 Å². The van der Waals surface area contributed by atoms with Crippen molar-refractivity contribution in [3.8, 4) is 17.2 Å². The van der Waals surface area contributed by atoms with E-state index in [9.17, 15) is 67.7 Å². The number of hydrogen-bond donors (Lipinski definition) is 6. The third-order valence-electron chi connectivity index (χ3n) is 12.1. The van der Waals surface area contributed by atoms with Gasteiger partial charge in [-0.25, -0.2) is 33.1 Å². The number of aliphatic carboxylic acids is 1. The average Bonchev–Trinajstić information content (AvgIpc) is 3.96. The maximum absolute atomic E-state index is 14.3. The number of nitrogens with zero attached hydrogens (tertiary/aromatic N) is 3. The summed E-state index contributed by atoms with van der Waals surface area (Å²) in [5.74, 6) is -8.77. The molecule has 2 saturated heterocycles. The zero-order valence-electron chi connectivity index (χ0n) is 40.6. The van der Waals surface area contributed by atoms with Crippen LogP contribution in [0.25, 0.3) is 21.9 Å². The fourth-order valence-corrected chi connectivity index (χ4v) is 10.1. The first kappa shape index (κ1) is 53.6. The van der Waals surface area contributed by atoms with E-state index in [2.05, 4.69) is 30.7 Å². The van der Waals surface area contributed by atoms with Crippen molar-refractivity contribution < 1.29 is 76.4 Å². The van der Waals surface area contributed by atoms with Gasteiger partial charge in [0.1, 0.15) is 29.2 Å². The molecule has 6 N–H and O–H groups in total. The molecule has 0 spiro atoms. The zero-order valence-corrected chi connectivity index (χ0v) is 41.5. The molecule has 77 heavy (non-hydrogen) atoms. The summed E-state index contributed by atoms with van der Waals surface area (Å²) in [5.41, 5.74) is -3.10. The van der Waals surface area contributed by atoms with Crippen LogP contribution in [0.15, 0.2) is 107 Å². The van der Waals surface area contributed by atoms with Crippen LogP contribution in [0.5, 0.6) is 17.2 Å². The van der Waals surface area contributed by atoms with Crippen molar-refractivity contribution in [2.24, 2.45) is 0 Å². The van der Waals surface area contributed by atoms with Gasteiger partial charge in [-0.1, -0.05) is 24.3 Å². The van der Waals surface area contributed by atoms with E-state index in [1.807, 2.05) is 0 Å². The number of β-lactam (4-membered cyclic amide) rings is 1. The molecule has 28 heteroatoms. The molecule has 2 fully saturated rings. The molecule has 2 aliphatic heterocycles. The second-order valence-corrected chi connectivity index (χ2v) is 19.3. The first-order valence-electron chi connectivity index (χ1n) is 22.8. The fraction of sp³-hybridized carbons (Fsp3) is 0.265. The van der Waals surface area contributed by atoms with E-state index in [1.165, 1.54) is 66.7 Å². The normalized spacial score (nSPS) is 16.5. The Morgan fingerprint density at radius 3 is 1.68 bits per heavy atom. The quantitative estimate of drug-likeness (QED) is 0.0460. The van der Waals surface area contributed by atoms with Gasteiger partial charge in [-0.05, 0) is 74.0 Å². The van der Waals surface area contributed by atoms with E-state index in [0.717, 1.165) is 43.0 Å². The highest BCUT2D eigenvalue weighted by molar-refractivity contribution is 8.01. The summed E-state index contributed by atoms with van der Waals surface area (Å²) in [7, 11) is 2.08.